The molecular weight excluding hydrogens is 302 g/mol. The highest BCUT2D eigenvalue weighted by molar-refractivity contribution is 6.31. The minimum absolute atomic E-state index is 0.435. The Balaban J connectivity index is 2.15. The Morgan fingerprint density at radius 2 is 2.05 bits per heavy atom. The van der Waals surface area contributed by atoms with Gasteiger partial charge in [0.2, 0.25) is 0 Å². The van der Waals surface area contributed by atoms with Crippen LogP contribution in [-0.2, 0) is 0 Å². The molecule has 0 aliphatic heterocycles. The maximum absolute atomic E-state index is 12.1. The number of hydrogen-bond donors (Lipinski definition) is 2. The lowest BCUT2D eigenvalue weighted by Crippen LogP contribution is -2.20. The first kappa shape index (κ1) is 15.7. The fourth-order valence-electron chi connectivity index (χ4n) is 1.88. The number of nitrogens with one attached hydrogen (secondary N) is 2. The highest BCUT2D eigenvalue weighted by Gasteiger charge is 2.10. The van der Waals surface area contributed by atoms with Gasteiger partial charge in [-0.15, -0.1) is 0 Å². The Morgan fingerprint density at radius 1 is 1.27 bits per heavy atom. The summed E-state index contributed by atoms with van der Waals surface area (Å²) in [6, 6.07) is 11.6. The third kappa shape index (κ3) is 3.68. The van der Waals surface area contributed by atoms with E-state index in [1.807, 2.05) is 13.0 Å². The van der Waals surface area contributed by atoms with Gasteiger partial charge in [0.05, 0.1) is 24.4 Å². The number of nitrogens with zero attached hydrogens (tertiary/aromatic N) is 1. The van der Waals surface area contributed by atoms with Gasteiger partial charge < -0.3 is 15.4 Å². The lowest BCUT2D eigenvalue weighted by molar-refractivity contribution is 0.262. The van der Waals surface area contributed by atoms with Gasteiger partial charge in [-0.1, -0.05) is 17.7 Å². The van der Waals surface area contributed by atoms with Crippen molar-refractivity contribution in [3.8, 4) is 11.8 Å². The Kier molecular flexibility index (Phi) is 4.87. The van der Waals surface area contributed by atoms with Gasteiger partial charge in [0.25, 0.3) is 0 Å². The van der Waals surface area contributed by atoms with Gasteiger partial charge in [0.15, 0.2) is 0 Å². The lowest BCUT2D eigenvalue weighted by atomic mass is 10.2. The number of aryl methyl sites for hydroxylation is 1. The molecule has 0 atom stereocenters. The van der Waals surface area contributed by atoms with Crippen molar-refractivity contribution in [2.75, 3.05) is 17.7 Å². The summed E-state index contributed by atoms with van der Waals surface area (Å²) < 4.78 is 5.20. The topological polar surface area (TPSA) is 74.2 Å². The molecule has 0 aliphatic carbocycles. The highest BCUT2D eigenvalue weighted by atomic mass is 35.5. The van der Waals surface area contributed by atoms with E-state index in [1.54, 1.807) is 36.4 Å². The van der Waals surface area contributed by atoms with Crippen LogP contribution in [0.1, 0.15) is 11.1 Å². The van der Waals surface area contributed by atoms with E-state index in [0.29, 0.717) is 27.7 Å². The number of carbonyl (C=O) groups excluding carboxylic acids is 1. The Hall–Kier alpha value is -2.71. The van der Waals surface area contributed by atoms with Crippen molar-refractivity contribution in [2.24, 2.45) is 0 Å². The van der Waals surface area contributed by atoms with E-state index < -0.39 is 6.03 Å². The second-order valence-electron chi connectivity index (χ2n) is 4.57. The quantitative estimate of drug-likeness (QED) is 0.892. The number of amides is 2. The molecule has 0 saturated heterocycles. The Bertz CT molecular complexity index is 754. The third-order valence-electron chi connectivity index (χ3n) is 2.98. The number of urea groups is 1. The van der Waals surface area contributed by atoms with Crippen LogP contribution in [-0.4, -0.2) is 13.1 Å². The second kappa shape index (κ2) is 6.83. The molecule has 0 bridgehead atoms. The summed E-state index contributed by atoms with van der Waals surface area (Å²) in [5.41, 5.74) is 2.33. The van der Waals surface area contributed by atoms with Crippen LogP contribution in [0.5, 0.6) is 5.75 Å². The van der Waals surface area contributed by atoms with Crippen LogP contribution in [0.3, 0.4) is 0 Å². The molecule has 0 heterocycles. The minimum atomic E-state index is -0.435. The van der Waals surface area contributed by atoms with Gasteiger partial charge in [-0.2, -0.15) is 5.26 Å². The largest absolute Gasteiger partial charge is 0.495 e. The normalized spacial score (nSPS) is 9.73. The molecule has 2 aromatic rings. The van der Waals surface area contributed by atoms with Crippen LogP contribution in [0.15, 0.2) is 36.4 Å². The maximum atomic E-state index is 12.1. The average Bonchev–Trinajstić information content (AvgIpc) is 2.50. The molecule has 0 fully saturated rings. The molecule has 0 radical (unpaired) electrons. The van der Waals surface area contributed by atoms with Crippen molar-refractivity contribution in [2.45, 2.75) is 6.92 Å². The van der Waals surface area contributed by atoms with Gasteiger partial charge in [-0.25, -0.2) is 4.79 Å². The summed E-state index contributed by atoms with van der Waals surface area (Å²) in [6.07, 6.45) is 0. The van der Waals surface area contributed by atoms with Gasteiger partial charge >= 0.3 is 6.03 Å². The van der Waals surface area contributed by atoms with Crippen molar-refractivity contribution in [3.63, 3.8) is 0 Å². The number of hydrogen-bond acceptors (Lipinski definition) is 3. The zero-order valence-corrected chi connectivity index (χ0v) is 12.9. The fourth-order valence-corrected chi connectivity index (χ4v) is 2.03. The number of halogens is 1. The minimum Gasteiger partial charge on any atom is -0.495 e. The Labute approximate surface area is 133 Å². The maximum Gasteiger partial charge on any atom is 0.323 e. The smallest absolute Gasteiger partial charge is 0.323 e. The first-order valence-corrected chi connectivity index (χ1v) is 6.83. The van der Waals surface area contributed by atoms with Crippen molar-refractivity contribution < 1.29 is 9.53 Å². The zero-order chi connectivity index (χ0) is 16.1. The summed E-state index contributed by atoms with van der Waals surface area (Å²) in [6.45, 7) is 1.83. The van der Waals surface area contributed by atoms with Crippen LogP contribution in [0.25, 0.3) is 0 Å². The van der Waals surface area contributed by atoms with E-state index >= 15 is 0 Å². The number of carbonyl (C=O) groups is 1. The van der Waals surface area contributed by atoms with Crippen LogP contribution in [0.4, 0.5) is 16.2 Å². The molecule has 22 heavy (non-hydrogen) atoms. The molecule has 0 saturated carbocycles. The van der Waals surface area contributed by atoms with Crippen LogP contribution in [0.2, 0.25) is 5.02 Å². The number of anilines is 2. The summed E-state index contributed by atoms with van der Waals surface area (Å²) >= 11 is 6.03. The summed E-state index contributed by atoms with van der Waals surface area (Å²) in [7, 11) is 1.50. The van der Waals surface area contributed by atoms with Gasteiger partial charge in [-0.05, 0) is 36.8 Å². The molecule has 0 aromatic heterocycles. The molecule has 0 spiro atoms. The standard InChI is InChI=1S/C16H14ClN3O2/c1-10-6-14(15(22-2)8-13(10)17)20-16(21)19-12-5-3-4-11(7-12)9-18/h3-8H,1-2H3,(H2,19,20,21). The van der Waals surface area contributed by atoms with E-state index in [1.165, 1.54) is 7.11 Å². The van der Waals surface area contributed by atoms with Gasteiger partial charge in [0, 0.05) is 16.8 Å². The van der Waals surface area contributed by atoms with E-state index in [9.17, 15) is 4.79 Å². The third-order valence-corrected chi connectivity index (χ3v) is 3.39. The number of nitriles is 1. The predicted molar refractivity (Wildman–Crippen MR) is 86.5 cm³/mol. The number of methoxy groups -OCH3 is 1. The zero-order valence-electron chi connectivity index (χ0n) is 12.1. The van der Waals surface area contributed by atoms with Crippen molar-refractivity contribution >= 4 is 29.0 Å². The molecular formula is C16H14ClN3O2. The van der Waals surface area contributed by atoms with E-state index in [2.05, 4.69) is 10.6 Å². The van der Waals surface area contributed by atoms with E-state index in [-0.39, 0.29) is 0 Å². The molecule has 2 amide bonds. The summed E-state index contributed by atoms with van der Waals surface area (Å²) in [5.74, 6) is 0.469. The average molecular weight is 316 g/mol. The monoisotopic (exact) mass is 315 g/mol. The first-order valence-electron chi connectivity index (χ1n) is 6.46. The molecule has 5 nitrogen and oxygen atoms in total. The number of rotatable bonds is 3. The van der Waals surface area contributed by atoms with Crippen LogP contribution < -0.4 is 15.4 Å². The Morgan fingerprint density at radius 3 is 2.73 bits per heavy atom. The van der Waals surface area contributed by atoms with Crippen molar-refractivity contribution in [1.29, 1.82) is 5.26 Å². The highest BCUT2D eigenvalue weighted by Crippen LogP contribution is 2.31. The van der Waals surface area contributed by atoms with E-state index in [0.717, 1.165) is 5.56 Å². The predicted octanol–water partition coefficient (Wildman–Crippen LogP) is 4.17. The molecule has 112 valence electrons. The fraction of sp³-hybridized carbons (Fsp3) is 0.125. The van der Waals surface area contributed by atoms with Crippen LogP contribution >= 0.6 is 11.6 Å². The van der Waals surface area contributed by atoms with Crippen molar-refractivity contribution in [1.82, 2.24) is 0 Å². The summed E-state index contributed by atoms with van der Waals surface area (Å²) in [5, 5.41) is 14.8. The molecule has 0 aliphatic rings. The number of benzene rings is 2. The molecule has 2 aromatic carbocycles. The van der Waals surface area contributed by atoms with Gasteiger partial charge in [0.1, 0.15) is 5.75 Å². The summed E-state index contributed by atoms with van der Waals surface area (Å²) in [4.78, 5) is 12.1. The molecule has 2 N–H and O–H groups in total. The SMILES string of the molecule is COc1cc(Cl)c(C)cc1NC(=O)Nc1cccc(C#N)c1. The molecule has 0 unspecified atom stereocenters. The van der Waals surface area contributed by atoms with Gasteiger partial charge in [-0.3, -0.25) is 0 Å². The number of ether oxygens (including phenoxy) is 1. The second-order valence-corrected chi connectivity index (χ2v) is 4.98. The molecule has 2 rings (SSSR count). The lowest BCUT2D eigenvalue weighted by Gasteiger charge is -2.13. The van der Waals surface area contributed by atoms with E-state index in [4.69, 9.17) is 21.6 Å². The first-order chi connectivity index (χ1) is 10.5. The molecule has 6 heteroatoms. The van der Waals surface area contributed by atoms with Crippen molar-refractivity contribution in [3.05, 3.63) is 52.5 Å². The van der Waals surface area contributed by atoms with Crippen LogP contribution in [0, 0.1) is 18.3 Å².